The van der Waals surface area contributed by atoms with Crippen LogP contribution in [0, 0.1) is 0 Å². The lowest BCUT2D eigenvalue weighted by molar-refractivity contribution is -0.114. The normalized spacial score (nSPS) is 14.9. The molecule has 0 saturated heterocycles. The number of phenolic OH excluding ortho intramolecular Hbond substituents is 1. The van der Waals surface area contributed by atoms with Gasteiger partial charge in [0, 0.05) is 0 Å². The average Bonchev–Trinajstić information content (AvgIpc) is 2.97. The molecule has 0 saturated carbocycles. The summed E-state index contributed by atoms with van der Waals surface area (Å²) in [6.45, 7) is 1.66. The van der Waals surface area contributed by atoms with Gasteiger partial charge in [0.05, 0.1) is 41.8 Å². The van der Waals surface area contributed by atoms with Crippen molar-refractivity contribution in [2.24, 2.45) is 5.10 Å². The molecule has 29 heavy (non-hydrogen) atoms. The number of nitrogens with zero attached hydrogens (tertiary/aromatic N) is 2. The molecule has 0 radical (unpaired) electrons. The predicted molar refractivity (Wildman–Crippen MR) is 108 cm³/mol. The fourth-order valence-corrected chi connectivity index (χ4v) is 3.03. The van der Waals surface area contributed by atoms with Gasteiger partial charge in [-0.05, 0) is 48.9 Å². The minimum atomic E-state index is -1.21. The van der Waals surface area contributed by atoms with E-state index in [9.17, 15) is 19.8 Å². The summed E-state index contributed by atoms with van der Waals surface area (Å²) in [4.78, 5) is 24.2. The second-order valence-electron chi connectivity index (χ2n) is 6.10. The molecular weight excluding hydrogens is 400 g/mol. The highest BCUT2D eigenvalue weighted by atomic mass is 35.5. The summed E-state index contributed by atoms with van der Waals surface area (Å²) in [6.07, 6.45) is 1.58. The Kier molecular flexibility index (Phi) is 5.47. The number of amides is 1. The van der Waals surface area contributed by atoms with Gasteiger partial charge in [-0.2, -0.15) is 10.1 Å². The number of hydrogen-bond acceptors (Lipinski definition) is 6. The van der Waals surface area contributed by atoms with Crippen LogP contribution in [0.2, 0.25) is 5.02 Å². The lowest BCUT2D eigenvalue weighted by Gasteiger charge is -2.13. The number of rotatable bonds is 5. The molecule has 0 atom stereocenters. The zero-order valence-electron chi connectivity index (χ0n) is 15.8. The molecule has 1 heterocycles. The van der Waals surface area contributed by atoms with Crippen LogP contribution < -0.4 is 14.5 Å². The quantitative estimate of drug-likeness (QED) is 0.721. The van der Waals surface area contributed by atoms with Crippen molar-refractivity contribution in [3.8, 4) is 17.2 Å². The van der Waals surface area contributed by atoms with Crippen molar-refractivity contribution >= 4 is 41.0 Å². The number of benzene rings is 2. The van der Waals surface area contributed by atoms with E-state index < -0.39 is 11.9 Å². The molecule has 1 aliphatic heterocycles. The van der Waals surface area contributed by atoms with Crippen LogP contribution in [0.25, 0.3) is 6.08 Å². The smallest absolute Gasteiger partial charge is 0.337 e. The second-order valence-corrected chi connectivity index (χ2v) is 6.51. The van der Waals surface area contributed by atoms with Gasteiger partial charge >= 0.3 is 5.97 Å². The molecule has 0 fully saturated rings. The van der Waals surface area contributed by atoms with Crippen molar-refractivity contribution in [1.82, 2.24) is 0 Å². The van der Waals surface area contributed by atoms with Crippen LogP contribution in [0.4, 0.5) is 5.69 Å². The van der Waals surface area contributed by atoms with Gasteiger partial charge in [0.2, 0.25) is 5.75 Å². The standard InChI is InChI=1S/C20H17ClN2O6/c1-10-13(6-11-7-16(28-2)18(24)17(8-11)29-3)19(25)23(22-10)12-4-5-15(21)14(9-12)20(26)27/h4-9,24H,1-3H3,(H,26,27)/b13-6-. The van der Waals surface area contributed by atoms with E-state index in [0.717, 1.165) is 5.01 Å². The number of carboxylic acid groups (broad SMARTS) is 1. The number of aromatic hydroxyl groups is 1. The number of halogens is 1. The van der Waals surface area contributed by atoms with E-state index in [1.807, 2.05) is 0 Å². The fraction of sp³-hybridized carbons (Fsp3) is 0.150. The van der Waals surface area contributed by atoms with E-state index in [4.69, 9.17) is 21.1 Å². The van der Waals surface area contributed by atoms with Gasteiger partial charge in [-0.25, -0.2) is 4.79 Å². The molecule has 0 unspecified atom stereocenters. The molecule has 3 rings (SSSR count). The van der Waals surface area contributed by atoms with E-state index in [-0.39, 0.29) is 33.5 Å². The summed E-state index contributed by atoms with van der Waals surface area (Å²) >= 11 is 5.89. The van der Waals surface area contributed by atoms with Crippen LogP contribution in [0.15, 0.2) is 41.0 Å². The van der Waals surface area contributed by atoms with Crippen molar-refractivity contribution in [2.75, 3.05) is 19.2 Å². The van der Waals surface area contributed by atoms with Crippen LogP contribution >= 0.6 is 11.6 Å². The van der Waals surface area contributed by atoms with Crippen LogP contribution in [0.3, 0.4) is 0 Å². The lowest BCUT2D eigenvalue weighted by atomic mass is 10.1. The van der Waals surface area contributed by atoms with Crippen molar-refractivity contribution < 1.29 is 29.3 Å². The second kappa shape index (κ2) is 7.84. The number of carbonyl (C=O) groups excluding carboxylic acids is 1. The minimum Gasteiger partial charge on any atom is -0.502 e. The highest BCUT2D eigenvalue weighted by Gasteiger charge is 2.29. The minimum absolute atomic E-state index is 0.0626. The first-order valence-corrected chi connectivity index (χ1v) is 8.74. The molecule has 0 bridgehead atoms. The van der Waals surface area contributed by atoms with Gasteiger partial charge in [0.1, 0.15) is 0 Å². The number of hydrazone groups is 1. The highest BCUT2D eigenvalue weighted by Crippen LogP contribution is 2.38. The molecule has 2 aromatic rings. The Morgan fingerprint density at radius 3 is 2.34 bits per heavy atom. The highest BCUT2D eigenvalue weighted by molar-refractivity contribution is 6.34. The molecule has 2 aromatic carbocycles. The van der Waals surface area contributed by atoms with Gasteiger partial charge in [-0.3, -0.25) is 4.79 Å². The molecular formula is C20H17ClN2O6. The van der Waals surface area contributed by atoms with Crippen molar-refractivity contribution in [3.63, 3.8) is 0 Å². The first-order chi connectivity index (χ1) is 13.8. The maximum atomic E-state index is 12.9. The lowest BCUT2D eigenvalue weighted by Crippen LogP contribution is -2.21. The zero-order chi connectivity index (χ0) is 21.3. The summed E-state index contributed by atoms with van der Waals surface area (Å²) in [6, 6.07) is 7.31. The number of hydrogen-bond donors (Lipinski definition) is 2. The van der Waals surface area contributed by atoms with Gasteiger partial charge in [-0.1, -0.05) is 11.6 Å². The van der Waals surface area contributed by atoms with E-state index in [1.54, 1.807) is 25.1 Å². The molecule has 0 aromatic heterocycles. The van der Waals surface area contributed by atoms with Gasteiger partial charge in [-0.15, -0.1) is 0 Å². The molecule has 1 aliphatic rings. The maximum absolute atomic E-state index is 12.9. The Morgan fingerprint density at radius 2 is 1.79 bits per heavy atom. The van der Waals surface area contributed by atoms with E-state index in [1.165, 1.54) is 32.4 Å². The maximum Gasteiger partial charge on any atom is 0.337 e. The van der Waals surface area contributed by atoms with Crippen molar-refractivity contribution in [3.05, 3.63) is 52.1 Å². The molecule has 1 amide bonds. The first-order valence-electron chi connectivity index (χ1n) is 8.36. The molecule has 9 heteroatoms. The van der Waals surface area contributed by atoms with Gasteiger partial charge in [0.25, 0.3) is 5.91 Å². The third kappa shape index (κ3) is 3.74. The number of phenols is 1. The monoisotopic (exact) mass is 416 g/mol. The van der Waals surface area contributed by atoms with Crippen molar-refractivity contribution in [2.45, 2.75) is 6.92 Å². The summed E-state index contributed by atoms with van der Waals surface area (Å²) in [5, 5.41) is 24.7. The van der Waals surface area contributed by atoms with E-state index in [0.29, 0.717) is 16.8 Å². The Balaban J connectivity index is 2.01. The Hall–Kier alpha value is -3.52. The number of ether oxygens (including phenoxy) is 2. The van der Waals surface area contributed by atoms with Crippen LogP contribution in [-0.2, 0) is 4.79 Å². The van der Waals surface area contributed by atoms with E-state index in [2.05, 4.69) is 5.10 Å². The van der Waals surface area contributed by atoms with Crippen LogP contribution in [-0.4, -0.2) is 42.0 Å². The summed E-state index contributed by atoms with van der Waals surface area (Å²) < 4.78 is 10.3. The Labute approximate surface area is 171 Å². The number of carboxylic acids is 1. The number of anilines is 1. The summed E-state index contributed by atoms with van der Waals surface area (Å²) in [7, 11) is 2.81. The number of aromatic carboxylic acids is 1. The average molecular weight is 417 g/mol. The predicted octanol–water partition coefficient (Wildman–Crippen LogP) is 3.57. The zero-order valence-corrected chi connectivity index (χ0v) is 16.5. The SMILES string of the molecule is COc1cc(/C=C2\C(=O)N(c3ccc(Cl)c(C(=O)O)c3)N=C2C)cc(OC)c1O. The van der Waals surface area contributed by atoms with Crippen LogP contribution in [0.5, 0.6) is 17.2 Å². The van der Waals surface area contributed by atoms with Gasteiger partial charge in [0.15, 0.2) is 11.5 Å². The topological polar surface area (TPSA) is 109 Å². The number of methoxy groups -OCH3 is 2. The summed E-state index contributed by atoms with van der Waals surface area (Å²) in [5.74, 6) is -1.41. The Bertz CT molecular complexity index is 1050. The fourth-order valence-electron chi connectivity index (χ4n) is 2.83. The molecule has 2 N–H and O–H groups in total. The van der Waals surface area contributed by atoms with Crippen molar-refractivity contribution in [1.29, 1.82) is 0 Å². The largest absolute Gasteiger partial charge is 0.502 e. The Morgan fingerprint density at radius 1 is 1.17 bits per heavy atom. The van der Waals surface area contributed by atoms with Crippen LogP contribution in [0.1, 0.15) is 22.8 Å². The third-order valence-corrected chi connectivity index (χ3v) is 4.63. The summed E-state index contributed by atoms with van der Waals surface area (Å²) in [5.41, 5.74) is 1.44. The number of carbonyl (C=O) groups is 2. The molecule has 0 aliphatic carbocycles. The first kappa shape index (κ1) is 20.2. The molecule has 8 nitrogen and oxygen atoms in total. The molecule has 150 valence electrons. The molecule has 0 spiro atoms. The third-order valence-electron chi connectivity index (χ3n) is 4.30. The van der Waals surface area contributed by atoms with Gasteiger partial charge < -0.3 is 19.7 Å². The van der Waals surface area contributed by atoms with E-state index >= 15 is 0 Å².